The van der Waals surface area contributed by atoms with Gasteiger partial charge in [0.15, 0.2) is 16.7 Å². The number of halogens is 4. The van der Waals surface area contributed by atoms with Gasteiger partial charge in [-0.2, -0.15) is 13.2 Å². The van der Waals surface area contributed by atoms with Crippen molar-refractivity contribution in [2.45, 2.75) is 36.2 Å². The Labute approximate surface area is 176 Å². The zero-order valence-corrected chi connectivity index (χ0v) is 17.5. The van der Waals surface area contributed by atoms with Gasteiger partial charge in [0.2, 0.25) is 0 Å². The van der Waals surface area contributed by atoms with Crippen molar-refractivity contribution >= 4 is 33.4 Å². The van der Waals surface area contributed by atoms with Crippen LogP contribution in [0.5, 0.6) is 17.2 Å². The average Bonchev–Trinajstić information content (AvgIpc) is 3.06. The summed E-state index contributed by atoms with van der Waals surface area (Å²) in [5.41, 5.74) is 2.63. The molecule has 30 heavy (non-hydrogen) atoms. The fraction of sp³-hybridized carbons (Fsp3) is 0.333. The number of nitrogens with zero attached hydrogens (tertiary/aromatic N) is 2. The van der Waals surface area contributed by atoms with Crippen molar-refractivity contribution in [1.29, 1.82) is 0 Å². The van der Waals surface area contributed by atoms with Gasteiger partial charge in [-0.15, -0.1) is 0 Å². The molecule has 1 N–H and O–H groups in total. The van der Waals surface area contributed by atoms with Crippen molar-refractivity contribution in [3.05, 3.63) is 35.2 Å². The summed E-state index contributed by atoms with van der Waals surface area (Å²) in [6.45, 7) is 3.66. The number of rotatable bonds is 4. The van der Waals surface area contributed by atoms with Gasteiger partial charge < -0.3 is 19.2 Å². The van der Waals surface area contributed by atoms with Crippen LogP contribution in [0.2, 0.25) is 0 Å². The van der Waals surface area contributed by atoms with Crippen LogP contribution in [-0.2, 0) is 16.6 Å². The molecule has 4 rings (SSSR count). The lowest BCUT2D eigenvalue weighted by Gasteiger charge is -2.33. The molecule has 1 aliphatic heterocycles. The summed E-state index contributed by atoms with van der Waals surface area (Å²) in [7, 11) is -0.102. The van der Waals surface area contributed by atoms with Crippen molar-refractivity contribution in [3.63, 3.8) is 0 Å². The quantitative estimate of drug-likeness (QED) is 0.588. The summed E-state index contributed by atoms with van der Waals surface area (Å²) in [6, 6.07) is 2.32. The Morgan fingerprint density at radius 2 is 1.93 bits per heavy atom. The predicted molar refractivity (Wildman–Crippen MR) is 102 cm³/mol. The van der Waals surface area contributed by atoms with E-state index in [4.69, 9.17) is 16.3 Å². The minimum Gasteiger partial charge on any atom is -0.496 e. The molecule has 3 heterocycles. The van der Waals surface area contributed by atoms with E-state index in [-0.39, 0.29) is 27.7 Å². The molecule has 2 aromatic heterocycles. The first kappa shape index (κ1) is 20.7. The van der Waals surface area contributed by atoms with Gasteiger partial charge in [0.1, 0.15) is 5.75 Å². The molecule has 1 aromatic carbocycles. The summed E-state index contributed by atoms with van der Waals surface area (Å²) in [6.07, 6.45) is -2.77. The van der Waals surface area contributed by atoms with Crippen molar-refractivity contribution in [3.8, 4) is 17.2 Å². The first-order valence-electron chi connectivity index (χ1n) is 8.57. The second-order valence-corrected chi connectivity index (χ2v) is 8.48. The molecule has 0 amide bonds. The van der Waals surface area contributed by atoms with E-state index in [1.165, 1.54) is 13.2 Å². The number of benzene rings is 1. The molecular formula is C18H15ClF3N3O4S. The number of pyridine rings is 1. The number of methoxy groups -OCH3 is 1. The van der Waals surface area contributed by atoms with Gasteiger partial charge in [-0.25, -0.2) is 4.98 Å². The predicted octanol–water partition coefficient (Wildman–Crippen LogP) is 4.12. The Hall–Kier alpha value is -2.53. The first-order valence-corrected chi connectivity index (χ1v) is 10.3. The van der Waals surface area contributed by atoms with Gasteiger partial charge in [0.05, 0.1) is 40.4 Å². The highest BCUT2D eigenvalue weighted by atomic mass is 35.5. The van der Waals surface area contributed by atoms with Gasteiger partial charge >= 0.3 is 11.4 Å². The van der Waals surface area contributed by atoms with Gasteiger partial charge in [-0.3, -0.25) is 9.19 Å². The van der Waals surface area contributed by atoms with Crippen LogP contribution in [-0.4, -0.2) is 37.7 Å². The number of imidazole rings is 1. The Kier molecular flexibility index (Phi) is 4.85. The lowest BCUT2D eigenvalue weighted by Crippen LogP contribution is -2.51. The maximum atomic E-state index is 13.8. The average molecular weight is 462 g/mol. The number of nitrogens with one attached hydrogen (secondary N) is 1. The lowest BCUT2D eigenvalue weighted by molar-refractivity contribution is -0.303. The van der Waals surface area contributed by atoms with Crippen LogP contribution in [0.3, 0.4) is 0 Å². The van der Waals surface area contributed by atoms with E-state index in [2.05, 4.69) is 24.4 Å². The topological polar surface area (TPSA) is 86.3 Å². The van der Waals surface area contributed by atoms with Gasteiger partial charge in [0, 0.05) is 29.5 Å². The molecule has 0 aliphatic carbocycles. The van der Waals surface area contributed by atoms with Crippen molar-refractivity contribution in [2.24, 2.45) is 0 Å². The number of hydrogen-bond donors (Lipinski definition) is 1. The van der Waals surface area contributed by atoms with Crippen LogP contribution in [0.1, 0.15) is 16.8 Å². The Balaban J connectivity index is 1.66. The van der Waals surface area contributed by atoms with Crippen molar-refractivity contribution in [1.82, 2.24) is 15.0 Å². The largest absolute Gasteiger partial charge is 0.496 e. The summed E-state index contributed by atoms with van der Waals surface area (Å²) in [5, 5.41) is -3.78. The molecule has 1 aliphatic rings. The van der Waals surface area contributed by atoms with E-state index in [1.807, 2.05) is 13.8 Å². The van der Waals surface area contributed by atoms with E-state index < -0.39 is 28.0 Å². The summed E-state index contributed by atoms with van der Waals surface area (Å²) in [5.74, 6) is -0.0819. The number of aromatic amines is 1. The highest BCUT2D eigenvalue weighted by molar-refractivity contribution is 7.84. The van der Waals surface area contributed by atoms with Crippen LogP contribution in [0.25, 0.3) is 11.0 Å². The summed E-state index contributed by atoms with van der Waals surface area (Å²) < 4.78 is 68.1. The molecule has 2 atom stereocenters. The van der Waals surface area contributed by atoms with Crippen molar-refractivity contribution < 1.29 is 31.6 Å². The standard InChI is InChI=1S/C18H15ClF3N3O4S/c1-8-6-23-12(9(2)15(8)27-3)7-30(26)16-24-10-4-13-14(5-11(10)25-16)29-18(21,22)17(19,20)28-13/h4-6H,7H2,1-3H3,(H,24,25). The summed E-state index contributed by atoms with van der Waals surface area (Å²) in [4.78, 5) is 11.3. The number of ether oxygens (including phenoxy) is 3. The number of hydrogen-bond acceptors (Lipinski definition) is 6. The SMILES string of the molecule is COc1c(C)cnc(CS(=O)c2nc3cc4c(cc3[nH]2)OC(F)(F)C(F)(Cl)O4)c1C. The van der Waals surface area contributed by atoms with Gasteiger partial charge in [-0.1, -0.05) is 0 Å². The zero-order valence-electron chi connectivity index (χ0n) is 15.9. The van der Waals surface area contributed by atoms with Crippen LogP contribution < -0.4 is 14.2 Å². The minimum absolute atomic E-state index is 0.0440. The highest BCUT2D eigenvalue weighted by Gasteiger charge is 2.63. The van der Waals surface area contributed by atoms with Crippen molar-refractivity contribution in [2.75, 3.05) is 7.11 Å². The summed E-state index contributed by atoms with van der Waals surface area (Å²) >= 11 is 5.08. The van der Waals surface area contributed by atoms with Gasteiger partial charge in [0.25, 0.3) is 0 Å². The normalized spacial score (nSPS) is 20.9. The number of H-pyrrole nitrogens is 1. The van der Waals surface area contributed by atoms with E-state index in [1.54, 1.807) is 6.20 Å². The van der Waals surface area contributed by atoms with Crippen LogP contribution in [0.4, 0.5) is 13.2 Å². The number of alkyl halides is 4. The van der Waals surface area contributed by atoms with Crippen LogP contribution in [0.15, 0.2) is 23.5 Å². The van der Waals surface area contributed by atoms with E-state index in [0.29, 0.717) is 11.4 Å². The van der Waals surface area contributed by atoms with E-state index in [0.717, 1.165) is 17.2 Å². The number of aryl methyl sites for hydroxylation is 1. The van der Waals surface area contributed by atoms with Gasteiger partial charge in [-0.05, 0) is 25.4 Å². The first-order chi connectivity index (χ1) is 14.0. The molecule has 0 bridgehead atoms. The number of aromatic nitrogens is 3. The molecule has 0 saturated heterocycles. The smallest absolute Gasteiger partial charge is 0.488 e. The highest BCUT2D eigenvalue weighted by Crippen LogP contribution is 2.49. The van der Waals surface area contributed by atoms with E-state index >= 15 is 0 Å². The zero-order chi connectivity index (χ0) is 21.8. The molecular weight excluding hydrogens is 447 g/mol. The Morgan fingerprint density at radius 1 is 1.23 bits per heavy atom. The Bertz CT molecular complexity index is 1130. The fourth-order valence-electron chi connectivity index (χ4n) is 3.07. The molecule has 7 nitrogen and oxygen atoms in total. The molecule has 12 heteroatoms. The Morgan fingerprint density at radius 3 is 2.63 bits per heavy atom. The maximum absolute atomic E-state index is 13.8. The fourth-order valence-corrected chi connectivity index (χ4v) is 4.29. The molecule has 0 fully saturated rings. The third-order valence-electron chi connectivity index (χ3n) is 4.57. The second kappa shape index (κ2) is 7.02. The molecule has 0 spiro atoms. The molecule has 3 aromatic rings. The molecule has 2 unspecified atom stereocenters. The third kappa shape index (κ3) is 3.35. The molecule has 160 valence electrons. The molecule has 0 saturated carbocycles. The van der Waals surface area contributed by atoms with E-state index in [9.17, 15) is 17.4 Å². The van der Waals surface area contributed by atoms with Crippen LogP contribution >= 0.6 is 11.6 Å². The number of fused-ring (bicyclic) bond motifs is 2. The lowest BCUT2D eigenvalue weighted by atomic mass is 10.1. The third-order valence-corrected chi connectivity index (χ3v) is 6.03. The molecule has 0 radical (unpaired) electrons. The maximum Gasteiger partial charge on any atom is 0.488 e. The monoisotopic (exact) mass is 461 g/mol. The van der Waals surface area contributed by atoms with Crippen LogP contribution in [0, 0.1) is 13.8 Å². The second-order valence-electron chi connectivity index (χ2n) is 6.63. The minimum atomic E-state index is -4.39.